The zero-order valence-electron chi connectivity index (χ0n) is 11.2. The van der Waals surface area contributed by atoms with Crippen LogP contribution >= 0.6 is 15.9 Å². The highest BCUT2D eigenvalue weighted by molar-refractivity contribution is 9.10. The first kappa shape index (κ1) is 17.0. The minimum absolute atomic E-state index is 0.000859. The summed E-state index contributed by atoms with van der Waals surface area (Å²) in [6.45, 7) is 2.58. The van der Waals surface area contributed by atoms with E-state index in [4.69, 9.17) is 4.74 Å². The van der Waals surface area contributed by atoms with E-state index in [2.05, 4.69) is 26.3 Å². The van der Waals surface area contributed by atoms with Gasteiger partial charge < -0.3 is 10.1 Å². The minimum Gasteiger partial charge on any atom is -0.382 e. The Bertz CT molecular complexity index is 529. The Morgan fingerprint density at radius 3 is 2.55 bits per heavy atom. The van der Waals surface area contributed by atoms with Crippen LogP contribution in [0.5, 0.6) is 0 Å². The number of halogens is 4. The summed E-state index contributed by atoms with van der Waals surface area (Å²) in [5.41, 5.74) is -1.03. The maximum absolute atomic E-state index is 12.3. The molecule has 0 amide bonds. The van der Waals surface area contributed by atoms with Crippen LogP contribution in [-0.4, -0.2) is 35.2 Å². The van der Waals surface area contributed by atoms with Crippen molar-refractivity contribution in [2.75, 3.05) is 19.0 Å². The van der Waals surface area contributed by atoms with E-state index in [0.29, 0.717) is 17.0 Å². The molecular weight excluding hydrogens is 343 g/mol. The zero-order chi connectivity index (χ0) is 15.6. The summed E-state index contributed by atoms with van der Waals surface area (Å²) in [7, 11) is 1.53. The van der Waals surface area contributed by atoms with Crippen LogP contribution in [0.25, 0.3) is 0 Å². The first-order valence-corrected chi connectivity index (χ1v) is 6.44. The van der Waals surface area contributed by atoms with Gasteiger partial charge in [-0.2, -0.15) is 18.3 Å². The van der Waals surface area contributed by atoms with Gasteiger partial charge in [0.15, 0.2) is 0 Å². The van der Waals surface area contributed by atoms with Crippen molar-refractivity contribution in [1.29, 1.82) is 0 Å². The van der Waals surface area contributed by atoms with Crippen LogP contribution in [0.2, 0.25) is 0 Å². The standard InChI is InChI=1S/C11H15BrF3N3O2/c1-10(2,6-20-3)17-7-4-16-18(5-11(13,14)15)9(19)8(7)12/h4,17H,5-6H2,1-3H3. The Kier molecular flexibility index (Phi) is 5.20. The third-order valence-corrected chi connectivity index (χ3v) is 3.06. The van der Waals surface area contributed by atoms with Crippen molar-refractivity contribution in [1.82, 2.24) is 9.78 Å². The van der Waals surface area contributed by atoms with Gasteiger partial charge in [-0.3, -0.25) is 4.79 Å². The quantitative estimate of drug-likeness (QED) is 0.879. The lowest BCUT2D eigenvalue weighted by molar-refractivity contribution is -0.143. The molecule has 0 saturated carbocycles. The molecular formula is C11H15BrF3N3O2. The second-order valence-electron chi connectivity index (χ2n) is 4.89. The fourth-order valence-corrected chi connectivity index (χ4v) is 2.00. The molecule has 20 heavy (non-hydrogen) atoms. The second kappa shape index (κ2) is 6.13. The molecule has 0 atom stereocenters. The van der Waals surface area contributed by atoms with Crippen molar-refractivity contribution in [3.05, 3.63) is 21.0 Å². The molecule has 0 aliphatic rings. The number of methoxy groups -OCH3 is 1. The average Bonchev–Trinajstić information content (AvgIpc) is 2.27. The fourth-order valence-electron chi connectivity index (χ4n) is 1.60. The maximum Gasteiger partial charge on any atom is 0.408 e. The Morgan fingerprint density at radius 2 is 2.05 bits per heavy atom. The summed E-state index contributed by atoms with van der Waals surface area (Å²) < 4.78 is 42.2. The zero-order valence-corrected chi connectivity index (χ0v) is 12.8. The van der Waals surface area contributed by atoms with E-state index < -0.39 is 23.8 Å². The van der Waals surface area contributed by atoms with Gasteiger partial charge in [0, 0.05) is 7.11 Å². The van der Waals surface area contributed by atoms with Crippen molar-refractivity contribution >= 4 is 21.6 Å². The van der Waals surface area contributed by atoms with E-state index in [0.717, 1.165) is 0 Å². The van der Waals surface area contributed by atoms with Gasteiger partial charge in [0.1, 0.15) is 11.0 Å². The largest absolute Gasteiger partial charge is 0.408 e. The topological polar surface area (TPSA) is 56.1 Å². The second-order valence-corrected chi connectivity index (χ2v) is 5.69. The molecule has 1 rings (SSSR count). The van der Waals surface area contributed by atoms with Crippen LogP contribution in [0.4, 0.5) is 18.9 Å². The lowest BCUT2D eigenvalue weighted by Gasteiger charge is -2.27. The van der Waals surface area contributed by atoms with E-state index in [-0.39, 0.29) is 4.47 Å². The molecule has 0 spiro atoms. The molecule has 9 heteroatoms. The molecule has 1 aromatic rings. The molecule has 0 fully saturated rings. The first-order chi connectivity index (χ1) is 9.06. The maximum atomic E-state index is 12.3. The van der Waals surface area contributed by atoms with Crippen LogP contribution in [0, 0.1) is 0 Å². The van der Waals surface area contributed by atoms with Crippen molar-refractivity contribution < 1.29 is 17.9 Å². The van der Waals surface area contributed by atoms with Crippen molar-refractivity contribution in [2.24, 2.45) is 0 Å². The number of hydrogen-bond acceptors (Lipinski definition) is 4. The molecule has 0 aromatic carbocycles. The van der Waals surface area contributed by atoms with Gasteiger partial charge in [0.2, 0.25) is 0 Å². The highest BCUT2D eigenvalue weighted by atomic mass is 79.9. The molecule has 114 valence electrons. The summed E-state index contributed by atoms with van der Waals surface area (Å²) in [5, 5.41) is 6.51. The van der Waals surface area contributed by atoms with Gasteiger partial charge >= 0.3 is 6.18 Å². The van der Waals surface area contributed by atoms with Crippen molar-refractivity contribution in [3.63, 3.8) is 0 Å². The average molecular weight is 358 g/mol. The molecule has 0 aliphatic heterocycles. The highest BCUT2D eigenvalue weighted by Gasteiger charge is 2.30. The number of rotatable bonds is 5. The van der Waals surface area contributed by atoms with Crippen LogP contribution in [-0.2, 0) is 11.3 Å². The van der Waals surface area contributed by atoms with Crippen molar-refractivity contribution in [3.8, 4) is 0 Å². The van der Waals surface area contributed by atoms with Gasteiger partial charge in [-0.1, -0.05) is 0 Å². The molecule has 1 aromatic heterocycles. The Balaban J connectivity index is 3.04. The molecule has 1 N–H and O–H groups in total. The normalized spacial score (nSPS) is 12.6. The number of nitrogens with zero attached hydrogens (tertiary/aromatic N) is 2. The summed E-state index contributed by atoms with van der Waals surface area (Å²) in [4.78, 5) is 11.8. The Morgan fingerprint density at radius 1 is 1.45 bits per heavy atom. The summed E-state index contributed by atoms with van der Waals surface area (Å²) in [6, 6.07) is 0. The minimum atomic E-state index is -4.50. The molecule has 0 saturated heterocycles. The molecule has 0 aliphatic carbocycles. The van der Waals surface area contributed by atoms with Crippen LogP contribution in [0.1, 0.15) is 13.8 Å². The van der Waals surface area contributed by atoms with Crippen LogP contribution < -0.4 is 10.9 Å². The SMILES string of the molecule is COCC(C)(C)Nc1cnn(CC(F)(F)F)c(=O)c1Br. The predicted molar refractivity (Wildman–Crippen MR) is 71.8 cm³/mol. The lowest BCUT2D eigenvalue weighted by atomic mass is 10.1. The number of nitrogens with one attached hydrogen (secondary N) is 1. The van der Waals surface area contributed by atoms with E-state index in [1.165, 1.54) is 13.3 Å². The van der Waals surface area contributed by atoms with Gasteiger partial charge in [-0.15, -0.1) is 0 Å². The van der Waals surface area contributed by atoms with Gasteiger partial charge in [0.25, 0.3) is 5.56 Å². The molecule has 0 unspecified atom stereocenters. The third-order valence-electron chi connectivity index (χ3n) is 2.29. The Labute approximate surface area is 122 Å². The molecule has 5 nitrogen and oxygen atoms in total. The van der Waals surface area contributed by atoms with Crippen LogP contribution in [0.15, 0.2) is 15.5 Å². The van der Waals surface area contributed by atoms with E-state index in [1.807, 2.05) is 13.8 Å². The monoisotopic (exact) mass is 357 g/mol. The van der Waals surface area contributed by atoms with Crippen LogP contribution in [0.3, 0.4) is 0 Å². The van der Waals surface area contributed by atoms with Crippen molar-refractivity contribution in [2.45, 2.75) is 32.1 Å². The van der Waals surface area contributed by atoms with E-state index in [9.17, 15) is 18.0 Å². The highest BCUT2D eigenvalue weighted by Crippen LogP contribution is 2.22. The number of hydrogen-bond donors (Lipinski definition) is 1. The Hall–Kier alpha value is -1.09. The summed E-state index contributed by atoms with van der Waals surface area (Å²) in [6.07, 6.45) is -3.32. The van der Waals surface area contributed by atoms with Gasteiger partial charge in [0.05, 0.1) is 24.0 Å². The smallest absolute Gasteiger partial charge is 0.382 e. The predicted octanol–water partition coefficient (Wildman–Crippen LogP) is 2.41. The lowest BCUT2D eigenvalue weighted by Crippen LogP contribution is -2.37. The number of anilines is 1. The first-order valence-electron chi connectivity index (χ1n) is 5.65. The number of aromatic nitrogens is 2. The third kappa shape index (κ3) is 4.78. The van der Waals surface area contributed by atoms with E-state index >= 15 is 0 Å². The molecule has 0 radical (unpaired) electrons. The summed E-state index contributed by atoms with van der Waals surface area (Å²) in [5.74, 6) is 0. The summed E-state index contributed by atoms with van der Waals surface area (Å²) >= 11 is 3.00. The van der Waals surface area contributed by atoms with Gasteiger partial charge in [-0.05, 0) is 29.8 Å². The molecule has 0 bridgehead atoms. The number of alkyl halides is 3. The molecule has 1 heterocycles. The number of ether oxygens (including phenoxy) is 1. The fraction of sp³-hybridized carbons (Fsp3) is 0.636. The van der Waals surface area contributed by atoms with Gasteiger partial charge in [-0.25, -0.2) is 4.68 Å². The van der Waals surface area contributed by atoms with E-state index in [1.54, 1.807) is 0 Å².